The van der Waals surface area contributed by atoms with Gasteiger partial charge in [0.1, 0.15) is 18.8 Å². The quantitative estimate of drug-likeness (QED) is 0.398. The van der Waals surface area contributed by atoms with Crippen LogP contribution in [0, 0.1) is 0 Å². The Labute approximate surface area is 121 Å². The minimum Gasteiger partial charge on any atom is -0.463 e. The van der Waals surface area contributed by atoms with E-state index in [9.17, 15) is 9.59 Å². The van der Waals surface area contributed by atoms with E-state index in [0.717, 1.165) is 0 Å². The van der Waals surface area contributed by atoms with Crippen molar-refractivity contribution in [2.24, 2.45) is 0 Å². The molecule has 0 aromatic carbocycles. The third kappa shape index (κ3) is 13.6. The third-order valence-electron chi connectivity index (χ3n) is 1.46. The SMILES string of the molecule is CC(C)(C)OC(=O)NCC(=O)OCCSSCCO. The number of alkyl carbamates (subject to hydrolysis) is 1. The van der Waals surface area contributed by atoms with E-state index in [0.29, 0.717) is 11.5 Å². The Morgan fingerprint density at radius 1 is 1.21 bits per heavy atom. The summed E-state index contributed by atoms with van der Waals surface area (Å²) in [7, 11) is 3.03. The first kappa shape index (κ1) is 18.4. The molecule has 0 aliphatic rings. The summed E-state index contributed by atoms with van der Waals surface area (Å²) >= 11 is 0. The number of rotatable bonds is 8. The first-order valence-electron chi connectivity index (χ1n) is 5.83. The van der Waals surface area contributed by atoms with Crippen LogP contribution in [0.2, 0.25) is 0 Å². The van der Waals surface area contributed by atoms with Gasteiger partial charge in [0.25, 0.3) is 0 Å². The standard InChI is InChI=1S/C11H21NO5S2/c1-11(2,3)17-10(15)12-8-9(14)16-5-7-19-18-6-4-13/h13H,4-8H2,1-3H3,(H,12,15). The summed E-state index contributed by atoms with van der Waals surface area (Å²) in [6.07, 6.45) is -0.641. The summed E-state index contributed by atoms with van der Waals surface area (Å²) in [6, 6.07) is 0. The number of aliphatic hydroxyl groups excluding tert-OH is 1. The smallest absolute Gasteiger partial charge is 0.408 e. The first-order valence-corrected chi connectivity index (χ1v) is 8.31. The normalized spacial score (nSPS) is 10.9. The average molecular weight is 311 g/mol. The summed E-state index contributed by atoms with van der Waals surface area (Å²) in [4.78, 5) is 22.5. The number of carbonyl (C=O) groups excluding carboxylic acids is 2. The van der Waals surface area contributed by atoms with Crippen LogP contribution < -0.4 is 5.32 Å². The fourth-order valence-electron chi connectivity index (χ4n) is 0.854. The molecule has 0 aliphatic heterocycles. The maximum atomic E-state index is 11.3. The number of ether oxygens (including phenoxy) is 2. The molecule has 0 saturated heterocycles. The minimum absolute atomic E-state index is 0.136. The fraction of sp³-hybridized carbons (Fsp3) is 0.818. The number of aliphatic hydroxyl groups is 1. The topological polar surface area (TPSA) is 84.9 Å². The van der Waals surface area contributed by atoms with Crippen molar-refractivity contribution in [1.82, 2.24) is 5.32 Å². The lowest BCUT2D eigenvalue weighted by Gasteiger charge is -2.19. The van der Waals surface area contributed by atoms with Crippen LogP contribution in [0.25, 0.3) is 0 Å². The van der Waals surface area contributed by atoms with Gasteiger partial charge < -0.3 is 19.9 Å². The van der Waals surface area contributed by atoms with E-state index in [4.69, 9.17) is 14.6 Å². The highest BCUT2D eigenvalue weighted by Crippen LogP contribution is 2.19. The van der Waals surface area contributed by atoms with E-state index >= 15 is 0 Å². The molecule has 1 amide bonds. The van der Waals surface area contributed by atoms with Gasteiger partial charge in [-0.05, 0) is 20.8 Å². The Balaban J connectivity index is 3.52. The van der Waals surface area contributed by atoms with Gasteiger partial charge in [0.15, 0.2) is 0 Å². The highest BCUT2D eigenvalue weighted by atomic mass is 33.1. The van der Waals surface area contributed by atoms with E-state index in [2.05, 4.69) is 5.32 Å². The molecule has 0 aromatic heterocycles. The van der Waals surface area contributed by atoms with Crippen LogP contribution in [-0.2, 0) is 14.3 Å². The molecule has 0 saturated carbocycles. The molecule has 2 N–H and O–H groups in total. The Hall–Kier alpha value is -0.600. The van der Waals surface area contributed by atoms with Gasteiger partial charge in [-0.3, -0.25) is 4.79 Å². The number of hydrogen-bond donors (Lipinski definition) is 2. The molecule has 0 spiro atoms. The van der Waals surface area contributed by atoms with Gasteiger partial charge in [-0.15, -0.1) is 0 Å². The van der Waals surface area contributed by atoms with Crippen LogP contribution in [0.1, 0.15) is 20.8 Å². The Bertz CT molecular complexity index is 281. The molecule has 0 radical (unpaired) electrons. The summed E-state index contributed by atoms with van der Waals surface area (Å²) in [6.45, 7) is 5.43. The molecule has 6 nitrogen and oxygen atoms in total. The van der Waals surface area contributed by atoms with Gasteiger partial charge in [-0.2, -0.15) is 0 Å². The Kier molecular flexibility index (Phi) is 9.90. The summed E-state index contributed by atoms with van der Waals surface area (Å²) in [5.41, 5.74) is -0.589. The van der Waals surface area contributed by atoms with Crippen molar-refractivity contribution in [3.63, 3.8) is 0 Å². The van der Waals surface area contributed by atoms with Crippen LogP contribution in [-0.4, -0.2) is 54.0 Å². The van der Waals surface area contributed by atoms with Gasteiger partial charge in [0.05, 0.1) is 6.61 Å². The maximum absolute atomic E-state index is 11.3. The van der Waals surface area contributed by atoms with Crippen molar-refractivity contribution in [3.8, 4) is 0 Å². The van der Waals surface area contributed by atoms with Gasteiger partial charge in [0, 0.05) is 11.5 Å². The average Bonchev–Trinajstić information content (AvgIpc) is 2.29. The second-order valence-electron chi connectivity index (χ2n) is 4.44. The number of carbonyl (C=O) groups is 2. The largest absolute Gasteiger partial charge is 0.463 e. The third-order valence-corrected chi connectivity index (χ3v) is 3.81. The predicted octanol–water partition coefficient (Wildman–Crippen LogP) is 1.43. The van der Waals surface area contributed by atoms with Gasteiger partial charge in [-0.25, -0.2) is 4.79 Å². The van der Waals surface area contributed by atoms with E-state index in [1.165, 1.54) is 21.6 Å². The molecule has 0 aromatic rings. The zero-order valence-corrected chi connectivity index (χ0v) is 13.1. The van der Waals surface area contributed by atoms with E-state index in [1.807, 2.05) is 0 Å². The summed E-state index contributed by atoms with van der Waals surface area (Å²) in [5, 5.41) is 10.9. The van der Waals surface area contributed by atoms with Crippen molar-refractivity contribution < 1.29 is 24.2 Å². The minimum atomic E-state index is -0.641. The Morgan fingerprint density at radius 3 is 2.42 bits per heavy atom. The van der Waals surface area contributed by atoms with Gasteiger partial charge in [0.2, 0.25) is 0 Å². The number of hydrogen-bond acceptors (Lipinski definition) is 7. The highest BCUT2D eigenvalue weighted by molar-refractivity contribution is 8.76. The molecule has 0 rings (SSSR count). The lowest BCUT2D eigenvalue weighted by molar-refractivity contribution is -0.141. The van der Waals surface area contributed by atoms with E-state index < -0.39 is 17.7 Å². The molecular weight excluding hydrogens is 290 g/mol. The summed E-state index contributed by atoms with van der Waals surface area (Å²) < 4.78 is 9.87. The van der Waals surface area contributed by atoms with Crippen molar-refractivity contribution in [1.29, 1.82) is 0 Å². The highest BCUT2D eigenvalue weighted by Gasteiger charge is 2.16. The molecule has 0 unspecified atom stereocenters. The van der Waals surface area contributed by atoms with Crippen molar-refractivity contribution in [2.75, 3.05) is 31.3 Å². The number of nitrogens with one attached hydrogen (secondary N) is 1. The van der Waals surface area contributed by atoms with Crippen molar-refractivity contribution in [3.05, 3.63) is 0 Å². The molecule has 112 valence electrons. The molecule has 19 heavy (non-hydrogen) atoms. The van der Waals surface area contributed by atoms with Crippen LogP contribution in [0.4, 0.5) is 4.79 Å². The Morgan fingerprint density at radius 2 is 1.84 bits per heavy atom. The zero-order valence-electron chi connectivity index (χ0n) is 11.4. The molecule has 0 heterocycles. The molecule has 0 bridgehead atoms. The second-order valence-corrected chi connectivity index (χ2v) is 7.15. The van der Waals surface area contributed by atoms with Crippen LogP contribution in [0.5, 0.6) is 0 Å². The number of amides is 1. The predicted molar refractivity (Wildman–Crippen MR) is 77.2 cm³/mol. The van der Waals surface area contributed by atoms with Crippen LogP contribution in [0.15, 0.2) is 0 Å². The van der Waals surface area contributed by atoms with Crippen molar-refractivity contribution in [2.45, 2.75) is 26.4 Å². The lowest BCUT2D eigenvalue weighted by Crippen LogP contribution is -2.36. The molecular formula is C11H21NO5S2. The molecule has 8 heteroatoms. The molecule has 0 fully saturated rings. The van der Waals surface area contributed by atoms with Gasteiger partial charge in [-0.1, -0.05) is 21.6 Å². The fourth-order valence-corrected chi connectivity index (χ4v) is 2.45. The molecule has 0 atom stereocenters. The maximum Gasteiger partial charge on any atom is 0.408 e. The molecule has 0 aliphatic carbocycles. The lowest BCUT2D eigenvalue weighted by atomic mass is 10.2. The number of esters is 1. The summed E-state index contributed by atoms with van der Waals surface area (Å²) in [5.74, 6) is 0.792. The zero-order chi connectivity index (χ0) is 14.7. The second kappa shape index (κ2) is 10.2. The van der Waals surface area contributed by atoms with E-state index in [-0.39, 0.29) is 19.8 Å². The monoisotopic (exact) mass is 311 g/mol. The van der Waals surface area contributed by atoms with E-state index in [1.54, 1.807) is 20.8 Å². The first-order chi connectivity index (χ1) is 8.85. The van der Waals surface area contributed by atoms with Crippen LogP contribution >= 0.6 is 21.6 Å². The van der Waals surface area contributed by atoms with Crippen LogP contribution in [0.3, 0.4) is 0 Å². The van der Waals surface area contributed by atoms with Gasteiger partial charge >= 0.3 is 12.1 Å². The van der Waals surface area contributed by atoms with Crippen molar-refractivity contribution >= 4 is 33.7 Å².